The topological polar surface area (TPSA) is 88.5 Å². The van der Waals surface area contributed by atoms with Crippen LogP contribution in [0.15, 0.2) is 54.9 Å². The van der Waals surface area contributed by atoms with Crippen LogP contribution in [0.1, 0.15) is 16.7 Å². The Morgan fingerprint density at radius 2 is 2.03 bits per heavy atom. The predicted molar refractivity (Wildman–Crippen MR) is 105 cm³/mol. The van der Waals surface area contributed by atoms with Gasteiger partial charge in [-0.15, -0.1) is 5.10 Å². The Balaban J connectivity index is 1.39. The summed E-state index contributed by atoms with van der Waals surface area (Å²) in [5.74, 6) is -0.456. The van der Waals surface area contributed by atoms with Crippen molar-refractivity contribution < 1.29 is 9.18 Å². The number of halogens is 1. The number of aromatic nitrogens is 4. The van der Waals surface area contributed by atoms with E-state index < -0.39 is 5.82 Å². The van der Waals surface area contributed by atoms with Crippen molar-refractivity contribution in [2.75, 3.05) is 5.32 Å². The number of nitrogens with one attached hydrogen (secondary N) is 1. The summed E-state index contributed by atoms with van der Waals surface area (Å²) in [4.78, 5) is 13.7. The molecule has 1 amide bonds. The van der Waals surface area contributed by atoms with Gasteiger partial charge in [-0.05, 0) is 46.8 Å². The molecule has 0 spiro atoms. The van der Waals surface area contributed by atoms with E-state index in [0.717, 1.165) is 16.5 Å². The third-order valence-corrected chi connectivity index (χ3v) is 4.60. The van der Waals surface area contributed by atoms with E-state index in [9.17, 15) is 9.18 Å². The highest BCUT2D eigenvalue weighted by molar-refractivity contribution is 5.92. The van der Waals surface area contributed by atoms with Crippen LogP contribution in [-0.2, 0) is 24.8 Å². The molecule has 0 radical (unpaired) electrons. The van der Waals surface area contributed by atoms with Gasteiger partial charge in [-0.25, -0.2) is 4.39 Å². The van der Waals surface area contributed by atoms with Gasteiger partial charge in [0.2, 0.25) is 5.91 Å². The maximum absolute atomic E-state index is 13.7. The van der Waals surface area contributed by atoms with Crippen LogP contribution in [0.5, 0.6) is 0 Å². The van der Waals surface area contributed by atoms with Gasteiger partial charge in [-0.2, -0.15) is 15.2 Å². The maximum atomic E-state index is 13.7. The number of rotatable bonds is 5. The first-order valence-corrected chi connectivity index (χ1v) is 8.94. The SMILES string of the molecule is Cn1ccc2cc(CC(=O)Nc3cnn(Cc4ccc(C#N)c(F)c4)n3)ccc21. The van der Waals surface area contributed by atoms with E-state index in [1.165, 1.54) is 23.1 Å². The Hall–Kier alpha value is -3.99. The number of fused-ring (bicyclic) bond motifs is 1. The molecule has 4 aromatic rings. The summed E-state index contributed by atoms with van der Waals surface area (Å²) in [5, 5.41) is 20.9. The average molecular weight is 388 g/mol. The van der Waals surface area contributed by atoms with Gasteiger partial charge in [0, 0.05) is 18.8 Å². The van der Waals surface area contributed by atoms with E-state index in [1.807, 2.05) is 42.1 Å². The molecule has 0 fully saturated rings. The lowest BCUT2D eigenvalue weighted by Gasteiger charge is -2.04. The zero-order valence-electron chi connectivity index (χ0n) is 15.6. The second kappa shape index (κ2) is 7.56. The summed E-state index contributed by atoms with van der Waals surface area (Å²) < 4.78 is 15.7. The largest absolute Gasteiger partial charge is 0.351 e. The Morgan fingerprint density at radius 1 is 1.21 bits per heavy atom. The molecule has 0 saturated carbocycles. The molecule has 8 heteroatoms. The van der Waals surface area contributed by atoms with Gasteiger partial charge >= 0.3 is 0 Å². The number of nitriles is 1. The normalized spacial score (nSPS) is 10.8. The lowest BCUT2D eigenvalue weighted by atomic mass is 10.1. The molecule has 0 saturated heterocycles. The van der Waals surface area contributed by atoms with Crippen molar-refractivity contribution in [3.8, 4) is 6.07 Å². The number of carbonyl (C=O) groups excluding carboxylic acids is 1. The Labute approximate surface area is 166 Å². The minimum Gasteiger partial charge on any atom is -0.351 e. The highest BCUT2D eigenvalue weighted by Crippen LogP contribution is 2.17. The first-order chi connectivity index (χ1) is 14.0. The van der Waals surface area contributed by atoms with Crippen molar-refractivity contribution in [1.29, 1.82) is 5.26 Å². The molecule has 29 heavy (non-hydrogen) atoms. The molecule has 0 atom stereocenters. The Bertz CT molecular complexity index is 1250. The molecular weight excluding hydrogens is 371 g/mol. The van der Waals surface area contributed by atoms with Crippen molar-refractivity contribution in [3.63, 3.8) is 0 Å². The molecule has 1 N–H and O–H groups in total. The van der Waals surface area contributed by atoms with Crippen molar-refractivity contribution >= 4 is 22.6 Å². The molecule has 2 heterocycles. The van der Waals surface area contributed by atoms with Crippen LogP contribution < -0.4 is 5.32 Å². The quantitative estimate of drug-likeness (QED) is 0.569. The number of amides is 1. The number of benzene rings is 2. The van der Waals surface area contributed by atoms with Crippen molar-refractivity contribution in [2.24, 2.45) is 7.05 Å². The van der Waals surface area contributed by atoms with Gasteiger partial charge in [0.15, 0.2) is 5.82 Å². The molecule has 0 aliphatic heterocycles. The van der Waals surface area contributed by atoms with Crippen LogP contribution >= 0.6 is 0 Å². The lowest BCUT2D eigenvalue weighted by Crippen LogP contribution is -2.15. The molecule has 0 bridgehead atoms. The van der Waals surface area contributed by atoms with Gasteiger partial charge in [0.25, 0.3) is 0 Å². The van der Waals surface area contributed by atoms with E-state index >= 15 is 0 Å². The number of hydrogen-bond acceptors (Lipinski definition) is 4. The fourth-order valence-corrected chi connectivity index (χ4v) is 3.16. The van der Waals surface area contributed by atoms with Crippen LogP contribution in [-0.4, -0.2) is 25.5 Å². The van der Waals surface area contributed by atoms with Gasteiger partial charge in [-0.1, -0.05) is 12.1 Å². The van der Waals surface area contributed by atoms with Gasteiger partial charge in [0.1, 0.15) is 11.9 Å². The molecule has 2 aromatic heterocycles. The molecule has 144 valence electrons. The Morgan fingerprint density at radius 3 is 2.83 bits per heavy atom. The van der Waals surface area contributed by atoms with Crippen molar-refractivity contribution in [1.82, 2.24) is 19.6 Å². The third kappa shape index (κ3) is 3.99. The van der Waals surface area contributed by atoms with Crippen molar-refractivity contribution in [2.45, 2.75) is 13.0 Å². The van der Waals surface area contributed by atoms with Crippen LogP contribution in [0.25, 0.3) is 10.9 Å². The summed E-state index contributed by atoms with van der Waals surface area (Å²) >= 11 is 0. The van der Waals surface area contributed by atoms with Crippen LogP contribution in [0.2, 0.25) is 0 Å². The number of hydrogen-bond donors (Lipinski definition) is 1. The summed E-state index contributed by atoms with van der Waals surface area (Å²) in [7, 11) is 1.98. The summed E-state index contributed by atoms with van der Waals surface area (Å²) in [6, 6.07) is 14.0. The highest BCUT2D eigenvalue weighted by Gasteiger charge is 2.10. The molecular formula is C21H17FN6O. The number of aryl methyl sites for hydroxylation is 1. The van der Waals surface area contributed by atoms with E-state index in [4.69, 9.17) is 5.26 Å². The van der Waals surface area contributed by atoms with Gasteiger partial charge < -0.3 is 9.88 Å². The second-order valence-electron chi connectivity index (χ2n) is 6.73. The molecule has 2 aromatic carbocycles. The molecule has 0 aliphatic rings. The first kappa shape index (κ1) is 18.4. The highest BCUT2D eigenvalue weighted by atomic mass is 19.1. The zero-order chi connectivity index (χ0) is 20.4. The van der Waals surface area contributed by atoms with Gasteiger partial charge in [-0.3, -0.25) is 4.79 Å². The number of anilines is 1. The summed E-state index contributed by atoms with van der Waals surface area (Å²) in [6.07, 6.45) is 3.64. The van der Waals surface area contributed by atoms with Crippen LogP contribution in [0.3, 0.4) is 0 Å². The average Bonchev–Trinajstić information content (AvgIpc) is 3.28. The Kier molecular flexibility index (Phi) is 4.79. The predicted octanol–water partition coefficient (Wildman–Crippen LogP) is 3.01. The van der Waals surface area contributed by atoms with E-state index in [0.29, 0.717) is 11.4 Å². The van der Waals surface area contributed by atoms with Gasteiger partial charge in [0.05, 0.1) is 24.7 Å². The maximum Gasteiger partial charge on any atom is 0.230 e. The molecule has 4 rings (SSSR count). The van der Waals surface area contributed by atoms with E-state index in [-0.39, 0.29) is 24.4 Å². The van der Waals surface area contributed by atoms with E-state index in [2.05, 4.69) is 15.5 Å². The number of carbonyl (C=O) groups is 1. The minimum absolute atomic E-state index is 0.0104. The fraction of sp³-hybridized carbons (Fsp3) is 0.143. The molecule has 7 nitrogen and oxygen atoms in total. The van der Waals surface area contributed by atoms with E-state index in [1.54, 1.807) is 12.1 Å². The fourth-order valence-electron chi connectivity index (χ4n) is 3.16. The first-order valence-electron chi connectivity index (χ1n) is 8.94. The summed E-state index contributed by atoms with van der Waals surface area (Å²) in [5.41, 5.74) is 2.62. The molecule has 0 aliphatic carbocycles. The monoisotopic (exact) mass is 388 g/mol. The number of nitrogens with zero attached hydrogens (tertiary/aromatic N) is 5. The summed E-state index contributed by atoms with van der Waals surface area (Å²) in [6.45, 7) is 0.225. The van der Waals surface area contributed by atoms with Crippen LogP contribution in [0.4, 0.5) is 10.2 Å². The third-order valence-electron chi connectivity index (χ3n) is 4.60. The standard InChI is InChI=1S/C21H17FN6O/c1-27-7-6-16-8-14(3-5-19(16)27)10-21(29)25-20-12-24-28(26-20)13-15-2-4-17(11-23)18(22)9-15/h2-9,12H,10,13H2,1H3,(H,25,26,29). The smallest absolute Gasteiger partial charge is 0.230 e. The second-order valence-corrected chi connectivity index (χ2v) is 6.73. The van der Waals surface area contributed by atoms with Crippen LogP contribution in [0, 0.1) is 17.1 Å². The zero-order valence-corrected chi connectivity index (χ0v) is 15.6. The van der Waals surface area contributed by atoms with Crippen molar-refractivity contribution in [3.05, 3.63) is 77.4 Å². The minimum atomic E-state index is -0.582. The lowest BCUT2D eigenvalue weighted by molar-refractivity contribution is -0.115. The molecule has 0 unspecified atom stereocenters.